The lowest BCUT2D eigenvalue weighted by atomic mass is 9.96. The summed E-state index contributed by atoms with van der Waals surface area (Å²) in [5.74, 6) is 0.461. The minimum Gasteiger partial charge on any atom is -0.494 e. The Hall–Kier alpha value is -2.04. The Morgan fingerprint density at radius 2 is 1.85 bits per heavy atom. The number of anilines is 1. The lowest BCUT2D eigenvalue weighted by Crippen LogP contribution is -2.27. The van der Waals surface area contributed by atoms with Crippen molar-refractivity contribution in [2.75, 3.05) is 11.9 Å². The van der Waals surface area contributed by atoms with E-state index in [9.17, 15) is 13.2 Å². The molecule has 0 spiro atoms. The van der Waals surface area contributed by atoms with Gasteiger partial charge in [-0.15, -0.1) is 10.2 Å². The molecule has 1 heterocycles. The molecule has 1 aromatic heterocycles. The van der Waals surface area contributed by atoms with Crippen LogP contribution in [0.2, 0.25) is 0 Å². The molecule has 0 saturated carbocycles. The lowest BCUT2D eigenvalue weighted by molar-refractivity contribution is -0.123. The molecule has 26 heavy (non-hydrogen) atoms. The highest BCUT2D eigenvalue weighted by molar-refractivity contribution is 7.91. The number of nitrogens with one attached hydrogen (secondary N) is 2. The van der Waals surface area contributed by atoms with Gasteiger partial charge in [0.1, 0.15) is 5.75 Å². The van der Waals surface area contributed by atoms with Gasteiger partial charge >= 0.3 is 0 Å². The number of hydrogen-bond acceptors (Lipinski definition) is 7. The van der Waals surface area contributed by atoms with Gasteiger partial charge in [0.15, 0.2) is 0 Å². The van der Waals surface area contributed by atoms with E-state index in [1.165, 1.54) is 0 Å². The Morgan fingerprint density at radius 3 is 2.42 bits per heavy atom. The van der Waals surface area contributed by atoms with Crippen LogP contribution >= 0.6 is 11.3 Å². The predicted octanol–water partition coefficient (Wildman–Crippen LogP) is 2.40. The van der Waals surface area contributed by atoms with Gasteiger partial charge < -0.3 is 10.1 Å². The van der Waals surface area contributed by atoms with Gasteiger partial charge in [-0.2, -0.15) is 0 Å². The molecule has 1 aromatic carbocycles. The maximum absolute atomic E-state index is 12.3. The van der Waals surface area contributed by atoms with Crippen molar-refractivity contribution in [2.45, 2.75) is 38.6 Å². The van der Waals surface area contributed by atoms with Gasteiger partial charge in [0.05, 0.1) is 6.61 Å². The largest absolute Gasteiger partial charge is 0.494 e. The van der Waals surface area contributed by atoms with E-state index in [2.05, 4.69) is 20.2 Å². The molecular formula is C16H22N4O4S2. The van der Waals surface area contributed by atoms with Crippen LogP contribution in [0.5, 0.6) is 5.75 Å². The summed E-state index contributed by atoms with van der Waals surface area (Å²) in [5.41, 5.74) is 0.166. The number of carbonyl (C=O) groups excluding carboxylic acids is 1. The SMILES string of the molecule is CCOc1ccc(CNS(=O)(=O)c2nnc(NC(=O)C(C)(C)C)s2)cc1. The molecule has 0 saturated heterocycles. The van der Waals surface area contributed by atoms with Gasteiger partial charge in [-0.3, -0.25) is 4.79 Å². The molecule has 0 unspecified atom stereocenters. The summed E-state index contributed by atoms with van der Waals surface area (Å²) in [7, 11) is -3.82. The van der Waals surface area contributed by atoms with Crippen LogP contribution in [0.4, 0.5) is 5.13 Å². The Morgan fingerprint density at radius 1 is 1.19 bits per heavy atom. The van der Waals surface area contributed by atoms with E-state index >= 15 is 0 Å². The van der Waals surface area contributed by atoms with Crippen LogP contribution in [-0.4, -0.2) is 31.1 Å². The average molecular weight is 399 g/mol. The van der Waals surface area contributed by atoms with Crippen molar-refractivity contribution in [2.24, 2.45) is 5.41 Å². The number of aromatic nitrogens is 2. The molecule has 10 heteroatoms. The zero-order chi connectivity index (χ0) is 19.4. The van der Waals surface area contributed by atoms with Crippen molar-refractivity contribution >= 4 is 32.4 Å². The molecule has 8 nitrogen and oxygen atoms in total. The first-order chi connectivity index (χ1) is 12.1. The fourth-order valence-corrected chi connectivity index (χ4v) is 3.72. The first-order valence-electron chi connectivity index (χ1n) is 7.98. The monoisotopic (exact) mass is 398 g/mol. The van der Waals surface area contributed by atoms with E-state index < -0.39 is 15.4 Å². The molecule has 2 N–H and O–H groups in total. The average Bonchev–Trinajstić information content (AvgIpc) is 3.03. The fraction of sp³-hybridized carbons (Fsp3) is 0.438. The second-order valence-electron chi connectivity index (χ2n) is 6.48. The maximum atomic E-state index is 12.3. The molecule has 1 amide bonds. The summed E-state index contributed by atoms with van der Waals surface area (Å²) >= 11 is 0.804. The van der Waals surface area contributed by atoms with Gasteiger partial charge in [-0.1, -0.05) is 44.2 Å². The number of amides is 1. The second-order valence-corrected chi connectivity index (χ2v) is 9.40. The second kappa shape index (κ2) is 8.11. The molecular weight excluding hydrogens is 376 g/mol. The maximum Gasteiger partial charge on any atom is 0.270 e. The molecule has 2 aromatic rings. The number of hydrogen-bond donors (Lipinski definition) is 2. The summed E-state index contributed by atoms with van der Waals surface area (Å²) in [6.07, 6.45) is 0. The summed E-state index contributed by atoms with van der Waals surface area (Å²) in [5, 5.41) is 10.1. The van der Waals surface area contributed by atoms with Crippen molar-refractivity contribution < 1.29 is 17.9 Å². The van der Waals surface area contributed by atoms with Gasteiger partial charge in [-0.25, -0.2) is 13.1 Å². The highest BCUT2D eigenvalue weighted by atomic mass is 32.2. The minimum atomic E-state index is -3.82. The smallest absolute Gasteiger partial charge is 0.270 e. The third-order valence-corrected chi connectivity index (χ3v) is 5.85. The van der Waals surface area contributed by atoms with E-state index in [0.717, 1.165) is 22.6 Å². The highest BCUT2D eigenvalue weighted by Gasteiger charge is 2.25. The molecule has 0 bridgehead atoms. The van der Waals surface area contributed by atoms with Crippen LogP contribution in [0.15, 0.2) is 28.6 Å². The van der Waals surface area contributed by atoms with Crippen molar-refractivity contribution in [1.82, 2.24) is 14.9 Å². The van der Waals surface area contributed by atoms with Crippen LogP contribution in [0.1, 0.15) is 33.3 Å². The van der Waals surface area contributed by atoms with Crippen molar-refractivity contribution in [3.63, 3.8) is 0 Å². The third kappa shape index (κ3) is 5.48. The topological polar surface area (TPSA) is 110 Å². The summed E-state index contributed by atoms with van der Waals surface area (Å²) in [6.45, 7) is 7.82. The zero-order valence-corrected chi connectivity index (χ0v) is 16.7. The van der Waals surface area contributed by atoms with Crippen LogP contribution in [0.3, 0.4) is 0 Å². The Kier molecular flexibility index (Phi) is 6.32. The van der Waals surface area contributed by atoms with Gasteiger partial charge in [-0.05, 0) is 24.6 Å². The number of carbonyl (C=O) groups is 1. The molecule has 0 fully saturated rings. The molecule has 0 atom stereocenters. The van der Waals surface area contributed by atoms with E-state index in [1.807, 2.05) is 6.92 Å². The quantitative estimate of drug-likeness (QED) is 0.693. The van der Waals surface area contributed by atoms with Crippen LogP contribution in [0.25, 0.3) is 0 Å². The van der Waals surface area contributed by atoms with Crippen LogP contribution in [0, 0.1) is 5.41 Å². The van der Waals surface area contributed by atoms with Crippen molar-refractivity contribution in [1.29, 1.82) is 0 Å². The standard InChI is InChI=1S/C16H22N4O4S2/c1-5-24-12-8-6-11(7-9-12)10-17-26(22,23)15-20-19-14(25-15)18-13(21)16(2,3)4/h6-9,17H,5,10H2,1-4H3,(H,18,19,21). The summed E-state index contributed by atoms with van der Waals surface area (Å²) in [4.78, 5) is 11.9. The predicted molar refractivity (Wildman–Crippen MR) is 99.6 cm³/mol. The van der Waals surface area contributed by atoms with Crippen molar-refractivity contribution in [3.05, 3.63) is 29.8 Å². The minimum absolute atomic E-state index is 0.109. The van der Waals surface area contributed by atoms with E-state index in [0.29, 0.717) is 6.61 Å². The van der Waals surface area contributed by atoms with E-state index in [4.69, 9.17) is 4.74 Å². The highest BCUT2D eigenvalue weighted by Crippen LogP contribution is 2.23. The van der Waals surface area contributed by atoms with E-state index in [-0.39, 0.29) is 21.9 Å². The molecule has 0 aliphatic rings. The Bertz CT molecular complexity index is 855. The molecule has 2 rings (SSSR count). The number of rotatable bonds is 7. The van der Waals surface area contributed by atoms with Gasteiger partial charge in [0.2, 0.25) is 15.4 Å². The molecule has 0 aliphatic heterocycles. The summed E-state index contributed by atoms with van der Waals surface area (Å²) in [6, 6.07) is 7.11. The van der Waals surface area contributed by atoms with Gasteiger partial charge in [0, 0.05) is 12.0 Å². The molecule has 0 radical (unpaired) electrons. The zero-order valence-electron chi connectivity index (χ0n) is 15.1. The van der Waals surface area contributed by atoms with Crippen LogP contribution < -0.4 is 14.8 Å². The number of benzene rings is 1. The fourth-order valence-electron chi connectivity index (χ4n) is 1.76. The first kappa shape index (κ1) is 20.3. The Balaban J connectivity index is 2.00. The van der Waals surface area contributed by atoms with Gasteiger partial charge in [0.25, 0.3) is 10.0 Å². The third-order valence-electron chi connectivity index (χ3n) is 3.24. The van der Waals surface area contributed by atoms with Crippen molar-refractivity contribution in [3.8, 4) is 5.75 Å². The first-order valence-corrected chi connectivity index (χ1v) is 10.3. The Labute approximate surface area is 157 Å². The number of ether oxygens (including phenoxy) is 1. The van der Waals surface area contributed by atoms with E-state index in [1.54, 1.807) is 45.0 Å². The normalized spacial score (nSPS) is 12.0. The number of sulfonamides is 1. The molecule has 142 valence electrons. The van der Waals surface area contributed by atoms with Crippen LogP contribution in [-0.2, 0) is 21.4 Å². The number of nitrogens with zero attached hydrogens (tertiary/aromatic N) is 2. The molecule has 0 aliphatic carbocycles. The lowest BCUT2D eigenvalue weighted by Gasteiger charge is -2.15. The summed E-state index contributed by atoms with van der Waals surface area (Å²) < 4.78 is 32.3.